The van der Waals surface area contributed by atoms with Gasteiger partial charge in [0.2, 0.25) is 10.0 Å². The minimum Gasteiger partial charge on any atom is -0.377 e. The van der Waals surface area contributed by atoms with Crippen LogP contribution in [0.1, 0.15) is 32.6 Å². The van der Waals surface area contributed by atoms with E-state index in [2.05, 4.69) is 0 Å². The second-order valence-electron chi connectivity index (χ2n) is 5.55. The number of rotatable bonds is 3. The highest BCUT2D eigenvalue weighted by molar-refractivity contribution is 7.89. The van der Waals surface area contributed by atoms with Gasteiger partial charge in [0.15, 0.2) is 0 Å². The summed E-state index contributed by atoms with van der Waals surface area (Å²) in [4.78, 5) is 0. The Bertz CT molecular complexity index is 371. The van der Waals surface area contributed by atoms with Gasteiger partial charge in [0.1, 0.15) is 0 Å². The average molecular weight is 313 g/mol. The molecule has 0 aliphatic carbocycles. The normalized spacial score (nSPS) is 33.7. The summed E-state index contributed by atoms with van der Waals surface area (Å²) in [5.74, 6) is 0.371. The fourth-order valence-corrected chi connectivity index (χ4v) is 4.45. The van der Waals surface area contributed by atoms with Gasteiger partial charge in [-0.05, 0) is 31.6 Å². The second-order valence-corrected chi connectivity index (χ2v) is 7.57. The fraction of sp³-hybridized carbons (Fsp3) is 1.00. The van der Waals surface area contributed by atoms with Crippen molar-refractivity contribution in [1.29, 1.82) is 0 Å². The zero-order valence-electron chi connectivity index (χ0n) is 11.5. The van der Waals surface area contributed by atoms with Gasteiger partial charge >= 0.3 is 0 Å². The van der Waals surface area contributed by atoms with Crippen LogP contribution in [0.5, 0.6) is 0 Å². The number of nitrogens with two attached hydrogens (primary N) is 1. The quantitative estimate of drug-likeness (QED) is 0.843. The van der Waals surface area contributed by atoms with Gasteiger partial charge in [-0.1, -0.05) is 6.92 Å². The number of nitrogens with zero attached hydrogens (tertiary/aromatic N) is 1. The monoisotopic (exact) mass is 312 g/mol. The molecule has 19 heavy (non-hydrogen) atoms. The first-order valence-electron chi connectivity index (χ1n) is 6.84. The molecule has 2 aliphatic rings. The Hall–Kier alpha value is 0.120. The van der Waals surface area contributed by atoms with Crippen LogP contribution < -0.4 is 5.73 Å². The van der Waals surface area contributed by atoms with Gasteiger partial charge in [-0.25, -0.2) is 12.7 Å². The molecule has 2 rings (SSSR count). The third-order valence-electron chi connectivity index (χ3n) is 4.00. The Morgan fingerprint density at radius 1 is 1.32 bits per heavy atom. The molecule has 2 saturated heterocycles. The van der Waals surface area contributed by atoms with Gasteiger partial charge in [0.05, 0.1) is 11.9 Å². The van der Waals surface area contributed by atoms with Crippen molar-refractivity contribution in [2.45, 2.75) is 44.8 Å². The van der Waals surface area contributed by atoms with Crippen LogP contribution in [0.4, 0.5) is 0 Å². The van der Waals surface area contributed by atoms with E-state index in [1.165, 1.54) is 0 Å². The lowest BCUT2D eigenvalue weighted by atomic mass is 9.96. The Morgan fingerprint density at radius 2 is 2.05 bits per heavy atom. The lowest BCUT2D eigenvalue weighted by Gasteiger charge is -2.35. The summed E-state index contributed by atoms with van der Waals surface area (Å²) in [6, 6.07) is 0.127. The maximum absolute atomic E-state index is 12.3. The molecule has 3 atom stereocenters. The molecule has 0 amide bonds. The minimum atomic E-state index is -3.19. The smallest absolute Gasteiger partial charge is 0.216 e. The second kappa shape index (κ2) is 7.22. The van der Waals surface area contributed by atoms with Crippen molar-refractivity contribution in [2.75, 3.05) is 25.4 Å². The van der Waals surface area contributed by atoms with E-state index in [0.29, 0.717) is 19.7 Å². The van der Waals surface area contributed by atoms with Crippen LogP contribution in [0.3, 0.4) is 0 Å². The van der Waals surface area contributed by atoms with E-state index in [9.17, 15) is 8.42 Å². The van der Waals surface area contributed by atoms with E-state index in [-0.39, 0.29) is 36.2 Å². The van der Waals surface area contributed by atoms with Crippen LogP contribution in [-0.2, 0) is 14.8 Å². The number of sulfonamides is 1. The molecule has 0 aromatic heterocycles. The number of piperidine rings is 1. The van der Waals surface area contributed by atoms with E-state index in [1.54, 1.807) is 4.31 Å². The van der Waals surface area contributed by atoms with Crippen molar-refractivity contribution in [2.24, 2.45) is 11.7 Å². The topological polar surface area (TPSA) is 72.6 Å². The first kappa shape index (κ1) is 17.2. The summed E-state index contributed by atoms with van der Waals surface area (Å²) in [6.45, 7) is 3.82. The number of hydrogen-bond donors (Lipinski definition) is 1. The summed E-state index contributed by atoms with van der Waals surface area (Å²) in [5, 5.41) is 0. The molecular formula is C12H25ClN2O3S. The van der Waals surface area contributed by atoms with Gasteiger partial charge in [0, 0.05) is 25.7 Å². The Morgan fingerprint density at radius 3 is 2.63 bits per heavy atom. The third kappa shape index (κ3) is 4.56. The summed E-state index contributed by atoms with van der Waals surface area (Å²) in [7, 11) is -3.19. The van der Waals surface area contributed by atoms with Gasteiger partial charge in [-0.15, -0.1) is 12.4 Å². The van der Waals surface area contributed by atoms with E-state index in [0.717, 1.165) is 25.7 Å². The van der Waals surface area contributed by atoms with Crippen LogP contribution in [0, 0.1) is 5.92 Å². The molecule has 0 spiro atoms. The Kier molecular flexibility index (Phi) is 6.53. The molecule has 5 nitrogen and oxygen atoms in total. The lowest BCUT2D eigenvalue weighted by molar-refractivity contribution is 0.0297. The maximum Gasteiger partial charge on any atom is 0.216 e. The van der Waals surface area contributed by atoms with E-state index < -0.39 is 10.0 Å². The molecule has 0 aromatic carbocycles. The zero-order chi connectivity index (χ0) is 13.2. The molecule has 7 heteroatoms. The van der Waals surface area contributed by atoms with Gasteiger partial charge in [0.25, 0.3) is 0 Å². The SMILES string of the molecule is CC1CN(S(=O)(=O)CC2CCCCO2)CCC1N.Cl. The van der Waals surface area contributed by atoms with Crippen molar-refractivity contribution in [3.8, 4) is 0 Å². The van der Waals surface area contributed by atoms with Crippen molar-refractivity contribution in [3.63, 3.8) is 0 Å². The molecular weight excluding hydrogens is 288 g/mol. The van der Waals surface area contributed by atoms with Gasteiger partial charge in [-0.3, -0.25) is 0 Å². The van der Waals surface area contributed by atoms with Crippen LogP contribution in [0.25, 0.3) is 0 Å². The standard InChI is InChI=1S/C12H24N2O3S.ClH/c1-10-8-14(6-5-12(10)13)18(15,16)9-11-4-2-3-7-17-11;/h10-12H,2-9,13H2,1H3;1H. The van der Waals surface area contributed by atoms with E-state index >= 15 is 0 Å². The summed E-state index contributed by atoms with van der Waals surface area (Å²) in [6.07, 6.45) is 3.62. The maximum atomic E-state index is 12.3. The van der Waals surface area contributed by atoms with Crippen LogP contribution in [0.2, 0.25) is 0 Å². The van der Waals surface area contributed by atoms with Crippen molar-refractivity contribution in [1.82, 2.24) is 4.31 Å². The zero-order valence-corrected chi connectivity index (χ0v) is 13.1. The Balaban J connectivity index is 0.00000180. The van der Waals surface area contributed by atoms with E-state index in [4.69, 9.17) is 10.5 Å². The van der Waals surface area contributed by atoms with E-state index in [1.807, 2.05) is 6.92 Å². The van der Waals surface area contributed by atoms with Crippen molar-refractivity contribution >= 4 is 22.4 Å². The molecule has 2 fully saturated rings. The van der Waals surface area contributed by atoms with Crippen LogP contribution >= 0.6 is 12.4 Å². The highest BCUT2D eigenvalue weighted by atomic mass is 35.5. The molecule has 114 valence electrons. The summed E-state index contributed by atoms with van der Waals surface area (Å²) >= 11 is 0. The first-order chi connectivity index (χ1) is 8.49. The molecule has 3 unspecified atom stereocenters. The van der Waals surface area contributed by atoms with Crippen LogP contribution in [0.15, 0.2) is 0 Å². The fourth-order valence-electron chi connectivity index (χ4n) is 2.66. The average Bonchev–Trinajstić information content (AvgIpc) is 2.33. The largest absolute Gasteiger partial charge is 0.377 e. The lowest BCUT2D eigenvalue weighted by Crippen LogP contribution is -2.49. The summed E-state index contributed by atoms with van der Waals surface area (Å²) < 4.78 is 31.7. The molecule has 0 radical (unpaired) electrons. The minimum absolute atomic E-state index is 0. The predicted molar refractivity (Wildman–Crippen MR) is 78.0 cm³/mol. The molecule has 2 N–H and O–H groups in total. The molecule has 0 aromatic rings. The van der Waals surface area contributed by atoms with Crippen LogP contribution in [-0.4, -0.2) is 50.3 Å². The number of ether oxygens (including phenoxy) is 1. The predicted octanol–water partition coefficient (Wildman–Crippen LogP) is 0.976. The molecule has 0 bridgehead atoms. The highest BCUT2D eigenvalue weighted by Gasteiger charge is 2.33. The Labute approximate surface area is 122 Å². The first-order valence-corrected chi connectivity index (χ1v) is 8.45. The summed E-state index contributed by atoms with van der Waals surface area (Å²) in [5.41, 5.74) is 5.92. The van der Waals surface area contributed by atoms with Crippen molar-refractivity contribution in [3.05, 3.63) is 0 Å². The molecule has 0 saturated carbocycles. The third-order valence-corrected chi connectivity index (χ3v) is 5.91. The van der Waals surface area contributed by atoms with Crippen molar-refractivity contribution < 1.29 is 13.2 Å². The van der Waals surface area contributed by atoms with Gasteiger partial charge < -0.3 is 10.5 Å². The number of hydrogen-bond acceptors (Lipinski definition) is 4. The highest BCUT2D eigenvalue weighted by Crippen LogP contribution is 2.21. The number of halogens is 1. The molecule has 2 heterocycles. The van der Waals surface area contributed by atoms with Gasteiger partial charge in [-0.2, -0.15) is 0 Å². The molecule has 2 aliphatic heterocycles.